The molecular formula is C20H31N5O2. The van der Waals surface area contributed by atoms with Crippen LogP contribution in [0, 0.1) is 0 Å². The van der Waals surface area contributed by atoms with Gasteiger partial charge in [-0.05, 0) is 45.1 Å². The van der Waals surface area contributed by atoms with E-state index in [0.29, 0.717) is 11.5 Å². The Labute approximate surface area is 161 Å². The molecule has 0 atom stereocenters. The molecule has 7 heteroatoms. The van der Waals surface area contributed by atoms with Gasteiger partial charge in [0.25, 0.3) is 11.8 Å². The zero-order valence-corrected chi connectivity index (χ0v) is 16.5. The highest BCUT2D eigenvalue weighted by molar-refractivity contribution is 5.97. The predicted octanol–water partition coefficient (Wildman–Crippen LogP) is 1.62. The average molecular weight is 374 g/mol. The maximum absolute atomic E-state index is 13.2. The van der Waals surface area contributed by atoms with Crippen LogP contribution in [-0.4, -0.2) is 81.9 Å². The third kappa shape index (κ3) is 3.61. The molecule has 148 valence electrons. The summed E-state index contributed by atoms with van der Waals surface area (Å²) in [5.74, 6) is 0.504. The molecular weight excluding hydrogens is 342 g/mol. The van der Waals surface area contributed by atoms with E-state index in [1.807, 2.05) is 14.4 Å². The fraction of sp³-hybridized carbons (Fsp3) is 0.750. The third-order valence-electron chi connectivity index (χ3n) is 6.26. The minimum Gasteiger partial charge on any atom is -0.336 e. The molecule has 2 amide bonds. The second-order valence-electron chi connectivity index (χ2n) is 7.92. The molecule has 3 aliphatic rings. The third-order valence-corrected chi connectivity index (χ3v) is 6.26. The summed E-state index contributed by atoms with van der Waals surface area (Å²) in [5, 5.41) is 0. The van der Waals surface area contributed by atoms with Crippen molar-refractivity contribution in [3.8, 4) is 0 Å². The zero-order chi connectivity index (χ0) is 18.8. The van der Waals surface area contributed by atoms with Crippen molar-refractivity contribution >= 4 is 11.8 Å². The van der Waals surface area contributed by atoms with E-state index in [0.717, 1.165) is 90.2 Å². The fourth-order valence-corrected chi connectivity index (χ4v) is 4.53. The largest absolute Gasteiger partial charge is 0.336 e. The number of piperazine rings is 1. The van der Waals surface area contributed by atoms with Crippen LogP contribution in [0.3, 0.4) is 0 Å². The van der Waals surface area contributed by atoms with Crippen LogP contribution in [-0.2, 0) is 13.0 Å². The number of amides is 2. The molecule has 4 heterocycles. The van der Waals surface area contributed by atoms with E-state index in [2.05, 4.69) is 16.8 Å². The molecule has 0 radical (unpaired) electrons. The summed E-state index contributed by atoms with van der Waals surface area (Å²) >= 11 is 0. The van der Waals surface area contributed by atoms with Gasteiger partial charge in [-0.1, -0.05) is 6.92 Å². The first kappa shape index (κ1) is 18.5. The van der Waals surface area contributed by atoms with E-state index < -0.39 is 0 Å². The van der Waals surface area contributed by atoms with E-state index >= 15 is 0 Å². The number of likely N-dealkylation sites (tertiary alicyclic amines) is 1. The second-order valence-corrected chi connectivity index (χ2v) is 7.92. The van der Waals surface area contributed by atoms with Crippen LogP contribution in [0.15, 0.2) is 0 Å². The molecule has 1 aromatic heterocycles. The number of hydrogen-bond donors (Lipinski definition) is 0. The summed E-state index contributed by atoms with van der Waals surface area (Å²) in [6, 6.07) is 0. The maximum atomic E-state index is 13.2. The summed E-state index contributed by atoms with van der Waals surface area (Å²) in [4.78, 5) is 37.1. The maximum Gasteiger partial charge on any atom is 0.289 e. The number of carbonyl (C=O) groups is 2. The van der Waals surface area contributed by atoms with Crippen LogP contribution in [0.2, 0.25) is 0 Å². The van der Waals surface area contributed by atoms with Crippen molar-refractivity contribution in [2.75, 3.05) is 45.8 Å². The molecule has 0 N–H and O–H groups in total. The van der Waals surface area contributed by atoms with Crippen molar-refractivity contribution in [3.05, 3.63) is 17.2 Å². The fourth-order valence-electron chi connectivity index (χ4n) is 4.53. The molecule has 0 aliphatic carbocycles. The van der Waals surface area contributed by atoms with Gasteiger partial charge in [0.15, 0.2) is 5.82 Å². The first-order valence-electron chi connectivity index (χ1n) is 10.6. The van der Waals surface area contributed by atoms with Crippen LogP contribution in [0.5, 0.6) is 0 Å². The first-order chi connectivity index (χ1) is 13.2. The lowest BCUT2D eigenvalue weighted by Crippen LogP contribution is -2.48. The molecule has 1 aromatic rings. The molecule has 0 saturated carbocycles. The highest BCUT2D eigenvalue weighted by Crippen LogP contribution is 2.24. The van der Waals surface area contributed by atoms with Gasteiger partial charge in [-0.25, -0.2) is 4.98 Å². The average Bonchev–Trinajstić information content (AvgIpc) is 3.13. The Morgan fingerprint density at radius 1 is 0.815 bits per heavy atom. The Hall–Kier alpha value is -1.89. The number of imidazole rings is 1. The Morgan fingerprint density at radius 3 is 2.19 bits per heavy atom. The molecule has 0 spiro atoms. The number of aromatic nitrogens is 2. The number of piperidine rings is 1. The van der Waals surface area contributed by atoms with E-state index in [1.165, 1.54) is 6.42 Å². The number of hydrogen-bond acceptors (Lipinski definition) is 4. The minimum absolute atomic E-state index is 0.00713. The van der Waals surface area contributed by atoms with Gasteiger partial charge in [-0.2, -0.15) is 0 Å². The summed E-state index contributed by atoms with van der Waals surface area (Å²) < 4.78 is 2.04. The van der Waals surface area contributed by atoms with Crippen LogP contribution in [0.1, 0.15) is 65.8 Å². The van der Waals surface area contributed by atoms with Crippen LogP contribution < -0.4 is 0 Å². The second kappa shape index (κ2) is 8.00. The predicted molar refractivity (Wildman–Crippen MR) is 103 cm³/mol. The molecule has 2 saturated heterocycles. The van der Waals surface area contributed by atoms with Gasteiger partial charge in [-0.15, -0.1) is 0 Å². The normalized spacial score (nSPS) is 21.2. The van der Waals surface area contributed by atoms with E-state index in [9.17, 15) is 9.59 Å². The number of rotatable bonds is 3. The molecule has 3 aliphatic heterocycles. The Kier molecular flexibility index (Phi) is 5.48. The van der Waals surface area contributed by atoms with Crippen LogP contribution in [0.4, 0.5) is 0 Å². The lowest BCUT2D eigenvalue weighted by molar-refractivity contribution is 0.0636. The number of likely N-dealkylation sites (N-methyl/N-ethyl adjacent to an activating group) is 1. The minimum atomic E-state index is 0.00713. The van der Waals surface area contributed by atoms with Crippen LogP contribution >= 0.6 is 0 Å². The van der Waals surface area contributed by atoms with Gasteiger partial charge in [0, 0.05) is 45.8 Å². The van der Waals surface area contributed by atoms with Crippen molar-refractivity contribution < 1.29 is 9.59 Å². The lowest BCUT2D eigenvalue weighted by Gasteiger charge is -2.33. The van der Waals surface area contributed by atoms with Gasteiger partial charge >= 0.3 is 0 Å². The van der Waals surface area contributed by atoms with E-state index in [-0.39, 0.29) is 11.8 Å². The Balaban J connectivity index is 1.58. The number of nitrogens with zero attached hydrogens (tertiary/aromatic N) is 5. The molecule has 0 bridgehead atoms. The highest BCUT2D eigenvalue weighted by Gasteiger charge is 2.32. The molecule has 2 fully saturated rings. The molecule has 4 rings (SSSR count). The lowest BCUT2D eigenvalue weighted by atomic mass is 10.1. The van der Waals surface area contributed by atoms with Crippen molar-refractivity contribution in [2.24, 2.45) is 0 Å². The molecule has 7 nitrogen and oxygen atoms in total. The van der Waals surface area contributed by atoms with Crippen molar-refractivity contribution in [1.29, 1.82) is 0 Å². The summed E-state index contributed by atoms with van der Waals surface area (Å²) in [7, 11) is 0. The van der Waals surface area contributed by atoms with Gasteiger partial charge < -0.3 is 19.3 Å². The van der Waals surface area contributed by atoms with Crippen LogP contribution in [0.25, 0.3) is 0 Å². The Bertz CT molecular complexity index is 699. The molecule has 0 unspecified atom stereocenters. The number of carbonyl (C=O) groups excluding carboxylic acids is 2. The molecule has 27 heavy (non-hydrogen) atoms. The van der Waals surface area contributed by atoms with Gasteiger partial charge in [0.05, 0.1) is 5.69 Å². The van der Waals surface area contributed by atoms with E-state index in [4.69, 9.17) is 0 Å². The SMILES string of the molecule is CCN1CCN(C(=O)c2nc(C(=O)N3CCCCC3)n3c2CCCC3)CC1. The monoisotopic (exact) mass is 373 g/mol. The number of fused-ring (bicyclic) bond motifs is 1. The summed E-state index contributed by atoms with van der Waals surface area (Å²) in [6.07, 6.45) is 6.27. The first-order valence-corrected chi connectivity index (χ1v) is 10.6. The Morgan fingerprint density at radius 2 is 1.48 bits per heavy atom. The van der Waals surface area contributed by atoms with Crippen molar-refractivity contribution in [3.63, 3.8) is 0 Å². The summed E-state index contributed by atoms with van der Waals surface area (Å²) in [5.41, 5.74) is 1.50. The molecule has 0 aromatic carbocycles. The summed E-state index contributed by atoms with van der Waals surface area (Å²) in [6.45, 7) is 8.91. The quantitative estimate of drug-likeness (QED) is 0.808. The topological polar surface area (TPSA) is 61.7 Å². The van der Waals surface area contributed by atoms with Gasteiger partial charge in [0.2, 0.25) is 0 Å². The highest BCUT2D eigenvalue weighted by atomic mass is 16.2. The standard InChI is InChI=1S/C20H31N5O2/c1-2-22-12-14-24(15-13-22)19(26)17-16-8-4-7-11-25(16)18(21-17)20(27)23-9-5-3-6-10-23/h2-15H2,1H3. The van der Waals surface area contributed by atoms with Crippen molar-refractivity contribution in [1.82, 2.24) is 24.3 Å². The van der Waals surface area contributed by atoms with E-state index in [1.54, 1.807) is 0 Å². The smallest absolute Gasteiger partial charge is 0.289 e. The van der Waals surface area contributed by atoms with Gasteiger partial charge in [0.1, 0.15) is 5.69 Å². The van der Waals surface area contributed by atoms with Crippen molar-refractivity contribution in [2.45, 2.75) is 52.0 Å². The zero-order valence-electron chi connectivity index (χ0n) is 16.5. The van der Waals surface area contributed by atoms with Gasteiger partial charge in [-0.3, -0.25) is 9.59 Å².